The van der Waals surface area contributed by atoms with Crippen molar-refractivity contribution in [3.8, 4) is 11.5 Å². The van der Waals surface area contributed by atoms with Crippen molar-refractivity contribution >= 4 is 22.7 Å². The zero-order valence-electron chi connectivity index (χ0n) is 17.7. The van der Waals surface area contributed by atoms with Gasteiger partial charge < -0.3 is 19.4 Å². The molecule has 3 heterocycles. The molecule has 0 atom stereocenters. The summed E-state index contributed by atoms with van der Waals surface area (Å²) < 4.78 is 12.6. The lowest BCUT2D eigenvalue weighted by Crippen LogP contribution is -2.28. The molecule has 0 bridgehead atoms. The highest BCUT2D eigenvalue weighted by Crippen LogP contribution is 2.32. The zero-order chi connectivity index (χ0) is 21.9. The van der Waals surface area contributed by atoms with E-state index in [0.29, 0.717) is 19.6 Å². The van der Waals surface area contributed by atoms with E-state index in [0.717, 1.165) is 44.1 Å². The van der Waals surface area contributed by atoms with Crippen LogP contribution in [-0.2, 0) is 19.6 Å². The predicted molar refractivity (Wildman–Crippen MR) is 126 cm³/mol. The van der Waals surface area contributed by atoms with Crippen LogP contribution < -0.4 is 20.3 Å². The molecule has 4 aromatic rings. The Balaban J connectivity index is 1.43. The number of pyridine rings is 2. The minimum absolute atomic E-state index is 0.000377. The van der Waals surface area contributed by atoms with Gasteiger partial charge in [-0.2, -0.15) is 0 Å². The van der Waals surface area contributed by atoms with E-state index in [1.54, 1.807) is 18.0 Å². The summed E-state index contributed by atoms with van der Waals surface area (Å²) in [6.07, 6.45) is 3.80. The Morgan fingerprint density at radius 3 is 2.78 bits per heavy atom. The van der Waals surface area contributed by atoms with Crippen molar-refractivity contribution in [1.29, 1.82) is 0 Å². The van der Waals surface area contributed by atoms with Gasteiger partial charge in [-0.3, -0.25) is 9.78 Å². The van der Waals surface area contributed by atoms with Gasteiger partial charge in [-0.15, -0.1) is 11.8 Å². The second-order valence-electron chi connectivity index (χ2n) is 7.60. The molecule has 1 N–H and O–H groups in total. The van der Waals surface area contributed by atoms with Gasteiger partial charge in [0.1, 0.15) is 0 Å². The molecule has 6 nitrogen and oxygen atoms in total. The Bertz CT molecular complexity index is 1320. The minimum atomic E-state index is -0.000377. The van der Waals surface area contributed by atoms with E-state index in [1.807, 2.05) is 53.3 Å². The first kappa shape index (κ1) is 20.6. The summed E-state index contributed by atoms with van der Waals surface area (Å²) in [5, 5.41) is 4.44. The highest BCUT2D eigenvalue weighted by molar-refractivity contribution is 7.98. The number of ether oxygens (including phenoxy) is 2. The Labute approximate surface area is 190 Å². The van der Waals surface area contributed by atoms with E-state index in [4.69, 9.17) is 9.47 Å². The average Bonchev–Trinajstić information content (AvgIpc) is 3.30. The number of hydrogen-bond acceptors (Lipinski definition) is 6. The van der Waals surface area contributed by atoms with Crippen LogP contribution in [0, 0.1) is 0 Å². The third-order valence-corrected chi connectivity index (χ3v) is 6.23. The molecule has 0 radical (unpaired) electrons. The second-order valence-corrected chi connectivity index (χ2v) is 8.48. The fourth-order valence-corrected chi connectivity index (χ4v) is 4.30. The molecule has 0 unspecified atom stereocenters. The van der Waals surface area contributed by atoms with Gasteiger partial charge in [0, 0.05) is 29.7 Å². The third kappa shape index (κ3) is 4.22. The largest absolute Gasteiger partial charge is 0.454 e. The van der Waals surface area contributed by atoms with Gasteiger partial charge in [-0.05, 0) is 59.7 Å². The summed E-state index contributed by atoms with van der Waals surface area (Å²) in [4.78, 5) is 19.0. The normalized spacial score (nSPS) is 12.4. The number of hydrogen-bond donors (Lipinski definition) is 1. The van der Waals surface area contributed by atoms with Crippen molar-refractivity contribution in [3.63, 3.8) is 0 Å². The summed E-state index contributed by atoms with van der Waals surface area (Å²) in [5.41, 5.74) is 3.59. The van der Waals surface area contributed by atoms with Crippen molar-refractivity contribution in [2.45, 2.75) is 24.5 Å². The van der Waals surface area contributed by atoms with Crippen LogP contribution in [-0.4, -0.2) is 22.6 Å². The van der Waals surface area contributed by atoms with Crippen molar-refractivity contribution in [1.82, 2.24) is 14.9 Å². The topological polar surface area (TPSA) is 65.4 Å². The number of aromatic nitrogens is 2. The SMILES string of the molecule is CSc1ccc2cc(CNCc3ccc4c(c3)OCO4)c(=O)n(Cc3ccccn3)c2c1. The first-order chi connectivity index (χ1) is 15.7. The molecule has 0 fully saturated rings. The van der Waals surface area contributed by atoms with E-state index in [-0.39, 0.29) is 12.4 Å². The molecule has 5 rings (SSSR count). The predicted octanol–water partition coefficient (Wildman–Crippen LogP) is 4.19. The van der Waals surface area contributed by atoms with Crippen LogP contribution in [0.2, 0.25) is 0 Å². The quantitative estimate of drug-likeness (QED) is 0.431. The maximum Gasteiger partial charge on any atom is 0.255 e. The Kier molecular flexibility index (Phi) is 5.83. The Morgan fingerprint density at radius 2 is 1.94 bits per heavy atom. The third-order valence-electron chi connectivity index (χ3n) is 5.51. The molecule has 7 heteroatoms. The van der Waals surface area contributed by atoms with Crippen LogP contribution in [0.5, 0.6) is 11.5 Å². The molecule has 0 aliphatic carbocycles. The highest BCUT2D eigenvalue weighted by Gasteiger charge is 2.14. The lowest BCUT2D eigenvalue weighted by atomic mass is 10.1. The summed E-state index contributed by atoms with van der Waals surface area (Å²) >= 11 is 1.67. The van der Waals surface area contributed by atoms with Crippen molar-refractivity contribution in [2.24, 2.45) is 0 Å². The van der Waals surface area contributed by atoms with E-state index >= 15 is 0 Å². The monoisotopic (exact) mass is 445 g/mol. The first-order valence-electron chi connectivity index (χ1n) is 10.4. The molecule has 0 saturated heterocycles. The van der Waals surface area contributed by atoms with Gasteiger partial charge in [0.05, 0.1) is 17.8 Å². The van der Waals surface area contributed by atoms with Gasteiger partial charge in [-0.25, -0.2) is 0 Å². The minimum Gasteiger partial charge on any atom is -0.454 e. The molecular weight excluding hydrogens is 422 g/mol. The molecule has 1 aliphatic heterocycles. The molecule has 2 aromatic carbocycles. The van der Waals surface area contributed by atoms with Crippen LogP contribution in [0.1, 0.15) is 16.8 Å². The second kappa shape index (κ2) is 9.06. The van der Waals surface area contributed by atoms with Gasteiger partial charge in [-0.1, -0.05) is 18.2 Å². The first-order valence-corrected chi connectivity index (χ1v) is 11.6. The Hall–Kier alpha value is -3.29. The summed E-state index contributed by atoms with van der Waals surface area (Å²) in [5.74, 6) is 1.53. The van der Waals surface area contributed by atoms with Gasteiger partial charge in [0.25, 0.3) is 5.56 Å². The van der Waals surface area contributed by atoms with Crippen LogP contribution in [0.3, 0.4) is 0 Å². The number of nitrogens with one attached hydrogen (secondary N) is 1. The molecule has 0 saturated carbocycles. The fraction of sp³-hybridized carbons (Fsp3) is 0.200. The maximum absolute atomic E-state index is 13.4. The molecule has 1 aliphatic rings. The summed E-state index contributed by atoms with van der Waals surface area (Å²) in [7, 11) is 0. The number of nitrogens with zero attached hydrogens (tertiary/aromatic N) is 2. The van der Waals surface area contributed by atoms with Crippen molar-refractivity contribution in [2.75, 3.05) is 13.0 Å². The molecule has 0 spiro atoms. The Morgan fingerprint density at radius 1 is 1.03 bits per heavy atom. The van der Waals surface area contributed by atoms with Crippen LogP contribution in [0.15, 0.2) is 76.6 Å². The number of rotatable bonds is 7. The fourth-order valence-electron chi connectivity index (χ4n) is 3.87. The van der Waals surface area contributed by atoms with E-state index < -0.39 is 0 Å². The molecule has 2 aromatic heterocycles. The molecule has 0 amide bonds. The summed E-state index contributed by atoms with van der Waals surface area (Å²) in [6.45, 7) is 1.79. The lowest BCUT2D eigenvalue weighted by molar-refractivity contribution is 0.174. The molecular formula is C25H23N3O3S. The highest BCUT2D eigenvalue weighted by atomic mass is 32.2. The van der Waals surface area contributed by atoms with E-state index in [9.17, 15) is 4.79 Å². The van der Waals surface area contributed by atoms with E-state index in [2.05, 4.69) is 28.5 Å². The summed E-state index contributed by atoms with van der Waals surface area (Å²) in [6, 6.07) is 19.9. The standard InChI is InChI=1S/C25H23N3O3S/c1-32-21-7-6-18-11-19(14-26-13-17-5-8-23-24(10-17)31-16-30-23)25(29)28(22(18)12-21)15-20-4-2-3-9-27-20/h2-12,26H,13-16H2,1H3. The number of fused-ring (bicyclic) bond motifs is 2. The molecule has 32 heavy (non-hydrogen) atoms. The average molecular weight is 446 g/mol. The zero-order valence-corrected chi connectivity index (χ0v) is 18.5. The van der Waals surface area contributed by atoms with Crippen LogP contribution >= 0.6 is 11.8 Å². The van der Waals surface area contributed by atoms with Crippen LogP contribution in [0.4, 0.5) is 0 Å². The smallest absolute Gasteiger partial charge is 0.255 e. The number of benzene rings is 2. The van der Waals surface area contributed by atoms with Crippen molar-refractivity contribution in [3.05, 3.63) is 94.0 Å². The van der Waals surface area contributed by atoms with Crippen molar-refractivity contribution < 1.29 is 9.47 Å². The van der Waals surface area contributed by atoms with Gasteiger partial charge >= 0.3 is 0 Å². The van der Waals surface area contributed by atoms with E-state index in [1.165, 1.54) is 0 Å². The van der Waals surface area contributed by atoms with Gasteiger partial charge in [0.15, 0.2) is 11.5 Å². The number of thioether (sulfide) groups is 1. The lowest BCUT2D eigenvalue weighted by Gasteiger charge is -2.14. The van der Waals surface area contributed by atoms with Crippen LogP contribution in [0.25, 0.3) is 10.9 Å². The molecule has 162 valence electrons. The maximum atomic E-state index is 13.4. The van der Waals surface area contributed by atoms with Gasteiger partial charge in [0.2, 0.25) is 6.79 Å².